The van der Waals surface area contributed by atoms with Crippen LogP contribution in [0.5, 0.6) is 0 Å². The summed E-state index contributed by atoms with van der Waals surface area (Å²) >= 11 is 9.05. The van der Waals surface area contributed by atoms with Crippen molar-refractivity contribution < 1.29 is 0 Å². The Kier molecular flexibility index (Phi) is 2.39. The van der Waals surface area contributed by atoms with Crippen LogP contribution in [-0.4, -0.2) is 20.0 Å². The summed E-state index contributed by atoms with van der Waals surface area (Å²) in [4.78, 5) is 5.31. The lowest BCUT2D eigenvalue weighted by Crippen LogP contribution is -2.02. The van der Waals surface area contributed by atoms with Crippen molar-refractivity contribution in [3.8, 4) is 5.82 Å². The summed E-state index contributed by atoms with van der Waals surface area (Å²) < 4.78 is 0.471. The van der Waals surface area contributed by atoms with E-state index < -0.39 is 0 Å². The minimum atomic E-state index is 0.298. The van der Waals surface area contributed by atoms with E-state index in [0.29, 0.717) is 21.3 Å². The van der Waals surface area contributed by atoms with Crippen molar-refractivity contribution in [2.45, 2.75) is 0 Å². The summed E-state index contributed by atoms with van der Waals surface area (Å²) in [6.45, 7) is 0. The highest BCUT2D eigenvalue weighted by atomic mass is 79.9. The number of nitrogens with two attached hydrogens (primary N) is 1. The Hall–Kier alpha value is -1.14. The highest BCUT2D eigenvalue weighted by molar-refractivity contribution is 9.10. The zero-order chi connectivity index (χ0) is 10.1. The topological polar surface area (TPSA) is 69.6 Å². The SMILES string of the molecule is Nc1nn(-c2ncccc2Cl)nc1Br. The standard InChI is InChI=1S/C7H5BrClN5/c8-5-6(10)13-14(12-5)7-4(9)2-1-3-11-7/h1-3H,(H2,10,13). The molecule has 0 bridgehead atoms. The summed E-state index contributed by atoms with van der Waals surface area (Å²) in [6.07, 6.45) is 1.61. The molecule has 0 saturated heterocycles. The number of pyridine rings is 1. The second-order valence-corrected chi connectivity index (χ2v) is 3.63. The van der Waals surface area contributed by atoms with Crippen molar-refractivity contribution in [2.75, 3.05) is 5.73 Å². The van der Waals surface area contributed by atoms with Gasteiger partial charge in [-0.1, -0.05) is 11.6 Å². The van der Waals surface area contributed by atoms with E-state index in [1.807, 2.05) is 0 Å². The molecule has 0 aliphatic heterocycles. The van der Waals surface area contributed by atoms with Crippen LogP contribution >= 0.6 is 27.5 Å². The van der Waals surface area contributed by atoms with Crippen LogP contribution < -0.4 is 5.73 Å². The third-order valence-corrected chi connectivity index (χ3v) is 2.38. The third-order valence-electron chi connectivity index (χ3n) is 1.52. The van der Waals surface area contributed by atoms with Crippen LogP contribution in [0.2, 0.25) is 5.02 Å². The molecule has 0 unspecified atom stereocenters. The maximum absolute atomic E-state index is 5.90. The van der Waals surface area contributed by atoms with Crippen molar-refractivity contribution >= 4 is 33.3 Å². The van der Waals surface area contributed by atoms with Crippen molar-refractivity contribution in [3.63, 3.8) is 0 Å². The van der Waals surface area contributed by atoms with Gasteiger partial charge < -0.3 is 5.73 Å². The van der Waals surface area contributed by atoms with Gasteiger partial charge in [0.15, 0.2) is 16.2 Å². The Balaban J connectivity index is 2.55. The van der Waals surface area contributed by atoms with Crippen LogP contribution in [0.25, 0.3) is 5.82 Å². The fourth-order valence-corrected chi connectivity index (χ4v) is 1.35. The Morgan fingerprint density at radius 1 is 1.43 bits per heavy atom. The minimum absolute atomic E-state index is 0.298. The number of rotatable bonds is 1. The first-order valence-electron chi connectivity index (χ1n) is 3.67. The quantitative estimate of drug-likeness (QED) is 0.858. The monoisotopic (exact) mass is 273 g/mol. The second kappa shape index (κ2) is 3.55. The fraction of sp³-hybridized carbons (Fsp3) is 0. The Bertz CT molecular complexity index is 449. The van der Waals surface area contributed by atoms with E-state index in [4.69, 9.17) is 17.3 Å². The second-order valence-electron chi connectivity index (χ2n) is 2.47. The smallest absolute Gasteiger partial charge is 0.193 e. The molecule has 0 radical (unpaired) electrons. The summed E-state index contributed by atoms with van der Waals surface area (Å²) in [5.74, 6) is 0.748. The lowest BCUT2D eigenvalue weighted by molar-refractivity contribution is 0.728. The van der Waals surface area contributed by atoms with E-state index >= 15 is 0 Å². The van der Waals surface area contributed by atoms with Gasteiger partial charge in [-0.2, -0.15) is 0 Å². The molecular formula is C7H5BrClN5. The number of aromatic nitrogens is 4. The molecule has 0 saturated carbocycles. The highest BCUT2D eigenvalue weighted by Gasteiger charge is 2.09. The molecule has 14 heavy (non-hydrogen) atoms. The van der Waals surface area contributed by atoms with Gasteiger partial charge in [0.05, 0.1) is 5.02 Å². The molecule has 0 atom stereocenters. The molecule has 7 heteroatoms. The molecule has 2 aromatic heterocycles. The summed E-state index contributed by atoms with van der Waals surface area (Å²) in [6, 6.07) is 3.44. The first kappa shape index (κ1) is 9.42. The molecule has 2 heterocycles. The molecular weight excluding hydrogens is 269 g/mol. The molecule has 0 aromatic carbocycles. The molecule has 0 aliphatic carbocycles. The van der Waals surface area contributed by atoms with Gasteiger partial charge >= 0.3 is 0 Å². The Labute approximate surface area is 93.0 Å². The number of hydrogen-bond acceptors (Lipinski definition) is 4. The van der Waals surface area contributed by atoms with Gasteiger partial charge in [-0.15, -0.1) is 15.0 Å². The molecule has 5 nitrogen and oxygen atoms in total. The molecule has 2 rings (SSSR count). The zero-order valence-electron chi connectivity index (χ0n) is 6.85. The van der Waals surface area contributed by atoms with Crippen LogP contribution in [0.4, 0.5) is 5.82 Å². The van der Waals surface area contributed by atoms with Crippen LogP contribution in [0, 0.1) is 0 Å². The molecule has 2 aromatic rings. The normalized spacial score (nSPS) is 10.4. The highest BCUT2D eigenvalue weighted by Crippen LogP contribution is 2.19. The maximum Gasteiger partial charge on any atom is 0.193 e. The summed E-state index contributed by atoms with van der Waals surface area (Å²) in [5, 5.41) is 8.39. The van der Waals surface area contributed by atoms with Crippen LogP contribution in [0.1, 0.15) is 0 Å². The molecule has 2 N–H and O–H groups in total. The third kappa shape index (κ3) is 1.58. The van der Waals surface area contributed by atoms with Crippen molar-refractivity contribution in [2.24, 2.45) is 0 Å². The van der Waals surface area contributed by atoms with Gasteiger partial charge in [-0.3, -0.25) is 0 Å². The van der Waals surface area contributed by atoms with E-state index in [1.165, 1.54) is 4.80 Å². The number of hydrogen-bond donors (Lipinski definition) is 1. The van der Waals surface area contributed by atoms with Crippen LogP contribution in [0.3, 0.4) is 0 Å². The lowest BCUT2D eigenvalue weighted by atomic mass is 10.5. The van der Waals surface area contributed by atoms with Gasteiger partial charge in [-0.05, 0) is 28.1 Å². The van der Waals surface area contributed by atoms with E-state index in [1.54, 1.807) is 18.3 Å². The minimum Gasteiger partial charge on any atom is -0.380 e. The molecule has 0 fully saturated rings. The van der Waals surface area contributed by atoms with E-state index in [2.05, 4.69) is 31.1 Å². The largest absolute Gasteiger partial charge is 0.380 e. The van der Waals surface area contributed by atoms with Gasteiger partial charge in [-0.25, -0.2) is 4.98 Å². The van der Waals surface area contributed by atoms with Crippen molar-refractivity contribution in [3.05, 3.63) is 28.0 Å². The zero-order valence-corrected chi connectivity index (χ0v) is 9.20. The first-order valence-corrected chi connectivity index (χ1v) is 4.85. The summed E-state index contributed by atoms with van der Waals surface area (Å²) in [7, 11) is 0. The Morgan fingerprint density at radius 3 is 2.79 bits per heavy atom. The van der Waals surface area contributed by atoms with E-state index in [9.17, 15) is 0 Å². The maximum atomic E-state index is 5.90. The Morgan fingerprint density at radius 2 is 2.21 bits per heavy atom. The number of nitrogens with zero attached hydrogens (tertiary/aromatic N) is 4. The number of halogens is 2. The van der Waals surface area contributed by atoms with Crippen LogP contribution in [0.15, 0.2) is 22.9 Å². The predicted octanol–water partition coefficient (Wildman–Crippen LogP) is 1.66. The first-order chi connectivity index (χ1) is 6.68. The van der Waals surface area contributed by atoms with E-state index in [0.717, 1.165) is 0 Å². The average Bonchev–Trinajstić information content (AvgIpc) is 2.48. The van der Waals surface area contributed by atoms with Crippen LogP contribution in [-0.2, 0) is 0 Å². The average molecular weight is 275 g/mol. The number of anilines is 1. The van der Waals surface area contributed by atoms with Crippen molar-refractivity contribution in [1.82, 2.24) is 20.0 Å². The molecule has 0 aliphatic rings. The fourth-order valence-electron chi connectivity index (χ4n) is 0.919. The molecule has 0 amide bonds. The predicted molar refractivity (Wildman–Crippen MR) is 56.3 cm³/mol. The van der Waals surface area contributed by atoms with Gasteiger partial charge in [0.25, 0.3) is 0 Å². The van der Waals surface area contributed by atoms with E-state index in [-0.39, 0.29) is 0 Å². The summed E-state index contributed by atoms with van der Waals surface area (Å²) in [5.41, 5.74) is 5.52. The van der Waals surface area contributed by atoms with Gasteiger partial charge in [0, 0.05) is 6.20 Å². The molecule has 0 spiro atoms. The van der Waals surface area contributed by atoms with Gasteiger partial charge in [0.2, 0.25) is 0 Å². The van der Waals surface area contributed by atoms with Crippen molar-refractivity contribution in [1.29, 1.82) is 0 Å². The number of nitrogen functional groups attached to an aromatic ring is 1. The van der Waals surface area contributed by atoms with Gasteiger partial charge in [0.1, 0.15) is 0 Å². The molecule has 72 valence electrons. The lowest BCUT2D eigenvalue weighted by Gasteiger charge is -1.98.